The molecule has 1 amide bonds. The van der Waals surface area contributed by atoms with Crippen molar-refractivity contribution in [2.24, 2.45) is 5.73 Å². The molecule has 3 N–H and O–H groups in total. The third kappa shape index (κ3) is 5.34. The molecule has 3 aromatic rings. The van der Waals surface area contributed by atoms with Crippen molar-refractivity contribution < 1.29 is 9.53 Å². The lowest BCUT2D eigenvalue weighted by atomic mass is 10.0. The molecule has 10 heteroatoms. The number of H-pyrrole nitrogens is 1. The molecule has 0 saturated carbocycles. The molecule has 2 aliphatic rings. The summed E-state index contributed by atoms with van der Waals surface area (Å²) in [5.74, 6) is -0.512. The van der Waals surface area contributed by atoms with Crippen LogP contribution in [0.25, 0.3) is 21.0 Å². The molecular weight excluding hydrogens is 462 g/mol. The summed E-state index contributed by atoms with van der Waals surface area (Å²) in [7, 11) is 2.15. The van der Waals surface area contributed by atoms with Gasteiger partial charge in [-0.15, -0.1) is 11.3 Å². The van der Waals surface area contributed by atoms with Crippen molar-refractivity contribution in [3.8, 4) is 21.0 Å². The molecule has 0 bridgehead atoms. The van der Waals surface area contributed by atoms with Gasteiger partial charge in [0, 0.05) is 75.0 Å². The Labute approximate surface area is 209 Å². The topological polar surface area (TPSA) is 104 Å². The standard InChI is InChI=1S/C25H33N7O2S/c1-30(9-10-31-11-13-34-14-12-31)19-5-6-20(21(15-19)32-7-3-2-4-8-32)23-22(24(26)33)29-25(35-23)18-16-27-28-17-18/h5-6,15-17H,2-4,7-14H2,1H3,(H2,26,33)(H,27,28). The number of rotatable bonds is 8. The number of morpholine rings is 1. The van der Waals surface area contributed by atoms with E-state index < -0.39 is 5.91 Å². The van der Waals surface area contributed by atoms with E-state index in [4.69, 9.17) is 10.5 Å². The number of ether oxygens (including phenoxy) is 1. The maximum Gasteiger partial charge on any atom is 0.268 e. The molecule has 0 unspecified atom stereocenters. The van der Waals surface area contributed by atoms with Crippen LogP contribution in [0.2, 0.25) is 0 Å². The molecule has 35 heavy (non-hydrogen) atoms. The Morgan fingerprint density at radius 3 is 2.71 bits per heavy atom. The number of likely N-dealkylation sites (N-methyl/N-ethyl adjacent to an activating group) is 1. The van der Waals surface area contributed by atoms with E-state index in [0.29, 0.717) is 5.69 Å². The van der Waals surface area contributed by atoms with Gasteiger partial charge in [0.05, 0.1) is 24.3 Å². The normalized spacial score (nSPS) is 17.0. The zero-order valence-corrected chi connectivity index (χ0v) is 21.0. The lowest BCUT2D eigenvalue weighted by Crippen LogP contribution is -2.40. The Morgan fingerprint density at radius 2 is 2.00 bits per heavy atom. The van der Waals surface area contributed by atoms with Gasteiger partial charge in [0.1, 0.15) is 10.7 Å². The number of hydrogen-bond acceptors (Lipinski definition) is 8. The fraction of sp³-hybridized carbons (Fsp3) is 0.480. The summed E-state index contributed by atoms with van der Waals surface area (Å²) in [6.07, 6.45) is 7.09. The second-order valence-electron chi connectivity index (χ2n) is 9.17. The van der Waals surface area contributed by atoms with Crippen molar-refractivity contribution in [2.45, 2.75) is 19.3 Å². The first kappa shape index (κ1) is 23.8. The van der Waals surface area contributed by atoms with Crippen LogP contribution in [0.1, 0.15) is 29.8 Å². The third-order valence-electron chi connectivity index (χ3n) is 6.82. The van der Waals surface area contributed by atoms with Crippen molar-refractivity contribution >= 4 is 28.6 Å². The van der Waals surface area contributed by atoms with Crippen molar-refractivity contribution in [1.29, 1.82) is 0 Å². The van der Waals surface area contributed by atoms with Crippen LogP contribution in [0, 0.1) is 0 Å². The summed E-state index contributed by atoms with van der Waals surface area (Å²) < 4.78 is 5.48. The van der Waals surface area contributed by atoms with Crippen LogP contribution in [0.4, 0.5) is 11.4 Å². The second-order valence-corrected chi connectivity index (χ2v) is 10.2. The minimum absolute atomic E-state index is 0.317. The van der Waals surface area contributed by atoms with Crippen LogP contribution in [-0.4, -0.2) is 85.5 Å². The van der Waals surface area contributed by atoms with E-state index in [9.17, 15) is 4.79 Å². The van der Waals surface area contributed by atoms with Gasteiger partial charge in [0.2, 0.25) is 0 Å². The van der Waals surface area contributed by atoms with Gasteiger partial charge in [-0.3, -0.25) is 14.8 Å². The van der Waals surface area contributed by atoms with Crippen LogP contribution in [0.3, 0.4) is 0 Å². The number of amides is 1. The Balaban J connectivity index is 1.48. The average molecular weight is 496 g/mol. The highest BCUT2D eigenvalue weighted by molar-refractivity contribution is 7.18. The molecule has 1 aromatic carbocycles. The fourth-order valence-electron chi connectivity index (χ4n) is 4.75. The predicted molar refractivity (Wildman–Crippen MR) is 140 cm³/mol. The van der Waals surface area contributed by atoms with Crippen LogP contribution in [-0.2, 0) is 4.74 Å². The number of carbonyl (C=O) groups is 1. The third-order valence-corrected chi connectivity index (χ3v) is 7.96. The highest BCUT2D eigenvalue weighted by Crippen LogP contribution is 2.42. The van der Waals surface area contributed by atoms with Crippen molar-refractivity contribution in [2.75, 3.05) is 69.3 Å². The van der Waals surface area contributed by atoms with Gasteiger partial charge in [-0.25, -0.2) is 4.98 Å². The zero-order valence-electron chi connectivity index (χ0n) is 20.2. The molecular formula is C25H33N7O2S. The summed E-state index contributed by atoms with van der Waals surface area (Å²) >= 11 is 1.49. The molecule has 2 saturated heterocycles. The number of nitrogens with two attached hydrogens (primary N) is 1. The number of aromatic nitrogens is 3. The predicted octanol–water partition coefficient (Wildman–Crippen LogP) is 3.06. The summed E-state index contributed by atoms with van der Waals surface area (Å²) in [6, 6.07) is 6.54. The number of thiazole rings is 1. The van der Waals surface area contributed by atoms with Gasteiger partial charge in [0.15, 0.2) is 0 Å². The smallest absolute Gasteiger partial charge is 0.268 e. The largest absolute Gasteiger partial charge is 0.379 e. The SMILES string of the molecule is CN(CCN1CCOCC1)c1ccc(-c2sc(-c3cn[nH]c3)nc2C(N)=O)c(N2CCCCC2)c1. The first-order valence-electron chi connectivity index (χ1n) is 12.3. The summed E-state index contributed by atoms with van der Waals surface area (Å²) in [6.45, 7) is 7.58. The Morgan fingerprint density at radius 1 is 1.20 bits per heavy atom. The number of anilines is 2. The van der Waals surface area contributed by atoms with Crippen LogP contribution in [0.15, 0.2) is 30.6 Å². The number of piperidine rings is 1. The van der Waals surface area contributed by atoms with E-state index in [1.165, 1.54) is 36.3 Å². The first-order valence-corrected chi connectivity index (χ1v) is 13.1. The Kier molecular flexibility index (Phi) is 7.31. The molecule has 9 nitrogen and oxygen atoms in total. The minimum Gasteiger partial charge on any atom is -0.379 e. The van der Waals surface area contributed by atoms with Gasteiger partial charge >= 0.3 is 0 Å². The van der Waals surface area contributed by atoms with E-state index in [-0.39, 0.29) is 0 Å². The molecule has 0 spiro atoms. The van der Waals surface area contributed by atoms with Crippen LogP contribution >= 0.6 is 11.3 Å². The number of nitrogens with one attached hydrogen (secondary N) is 1. The van der Waals surface area contributed by atoms with E-state index in [0.717, 1.165) is 79.2 Å². The highest BCUT2D eigenvalue weighted by Gasteiger charge is 2.24. The average Bonchev–Trinajstić information content (AvgIpc) is 3.59. The second kappa shape index (κ2) is 10.8. The van der Waals surface area contributed by atoms with Crippen molar-refractivity contribution in [1.82, 2.24) is 20.1 Å². The molecule has 0 radical (unpaired) electrons. The Hall–Kier alpha value is -2.95. The number of carbonyl (C=O) groups excluding carboxylic acids is 1. The number of aromatic amines is 1. The summed E-state index contributed by atoms with van der Waals surface area (Å²) in [5, 5.41) is 7.59. The molecule has 2 aromatic heterocycles. The van der Waals surface area contributed by atoms with Gasteiger partial charge in [-0.05, 0) is 37.5 Å². The van der Waals surface area contributed by atoms with E-state index in [1.54, 1.807) is 12.4 Å². The monoisotopic (exact) mass is 495 g/mol. The minimum atomic E-state index is -0.512. The highest BCUT2D eigenvalue weighted by atomic mass is 32.1. The molecule has 0 atom stereocenters. The number of benzene rings is 1. The quantitative estimate of drug-likeness (QED) is 0.495. The molecule has 186 valence electrons. The number of nitrogens with zero attached hydrogens (tertiary/aromatic N) is 5. The molecule has 4 heterocycles. The van der Waals surface area contributed by atoms with Crippen LogP contribution < -0.4 is 15.5 Å². The molecule has 2 aliphatic heterocycles. The van der Waals surface area contributed by atoms with Gasteiger partial charge in [-0.2, -0.15) is 5.10 Å². The van der Waals surface area contributed by atoms with Crippen molar-refractivity contribution in [3.05, 3.63) is 36.3 Å². The maximum atomic E-state index is 12.4. The molecule has 5 rings (SSSR count). The molecule has 2 fully saturated rings. The fourth-order valence-corrected chi connectivity index (χ4v) is 5.84. The summed E-state index contributed by atoms with van der Waals surface area (Å²) in [4.78, 5) is 25.0. The van der Waals surface area contributed by atoms with Gasteiger partial charge in [-0.1, -0.05) is 0 Å². The van der Waals surface area contributed by atoms with Crippen LogP contribution in [0.5, 0.6) is 0 Å². The molecule has 0 aliphatic carbocycles. The van der Waals surface area contributed by atoms with E-state index >= 15 is 0 Å². The van der Waals surface area contributed by atoms with E-state index in [2.05, 4.69) is 55.1 Å². The first-order chi connectivity index (χ1) is 17.1. The van der Waals surface area contributed by atoms with Gasteiger partial charge < -0.3 is 20.3 Å². The number of primary amides is 1. The maximum absolute atomic E-state index is 12.4. The Bertz CT molecular complexity index is 1130. The lowest BCUT2D eigenvalue weighted by Gasteiger charge is -2.33. The lowest BCUT2D eigenvalue weighted by molar-refractivity contribution is 0.0393. The summed E-state index contributed by atoms with van der Waals surface area (Å²) in [5.41, 5.74) is 10.3. The van der Waals surface area contributed by atoms with Gasteiger partial charge in [0.25, 0.3) is 5.91 Å². The van der Waals surface area contributed by atoms with Crippen molar-refractivity contribution in [3.63, 3.8) is 0 Å². The number of hydrogen-bond donors (Lipinski definition) is 2. The van der Waals surface area contributed by atoms with E-state index in [1.807, 2.05) is 0 Å². The zero-order chi connectivity index (χ0) is 24.2.